The van der Waals surface area contributed by atoms with Crippen LogP contribution in [0.2, 0.25) is 0 Å². The van der Waals surface area contributed by atoms with Crippen molar-refractivity contribution >= 4 is 28.6 Å². The standard InChI is InChI=1S/C51H62N6O10/c1-4-64-47-15-8-7-14-45(47)57-48(52-43-13-6-5-12-42(43)50(57)59)33-54-22-24-55(25-23-54)49(58)34-66-40-19-17-39(18-20-40)65-29-28-62-26-27-63-35-56-37-10-9-11-38(56)32-41(31-37)67-51(60)53-44-30-36(2)16-21-46(44)61-3/h5-8,12-21,30,37-38,41H,4,9-11,22-29,31-35H2,1-3H3,(H,53,60). The zero-order valence-corrected chi connectivity index (χ0v) is 38.7. The lowest BCUT2D eigenvalue weighted by molar-refractivity contribution is -0.135. The first kappa shape index (κ1) is 47.3. The van der Waals surface area contributed by atoms with E-state index < -0.39 is 6.09 Å². The first-order valence-electron chi connectivity index (χ1n) is 23.4. The molecule has 1 aromatic heterocycles. The number of piperazine rings is 1. The summed E-state index contributed by atoms with van der Waals surface area (Å²) in [4.78, 5) is 51.2. The lowest BCUT2D eigenvalue weighted by atomic mass is 9.83. The SMILES string of the molecule is CCOc1ccccc1-n1c(CN2CCN(C(=O)COc3ccc(OCCOCCOCN4C5CCCC4CC(OC(=O)Nc4cc(C)ccc4OC)C5)cc3)CC2)nc2ccccc2c1=O. The number of nitrogens with zero attached hydrogens (tertiary/aromatic N) is 5. The monoisotopic (exact) mass is 918 g/mol. The van der Waals surface area contributed by atoms with E-state index in [0.717, 1.165) is 37.7 Å². The Bertz CT molecular complexity index is 2480. The first-order chi connectivity index (χ1) is 32.8. The van der Waals surface area contributed by atoms with Crippen LogP contribution in [0.15, 0.2) is 95.8 Å². The molecule has 67 heavy (non-hydrogen) atoms. The number of aromatic nitrogens is 2. The van der Waals surface area contributed by atoms with Gasteiger partial charge in [0, 0.05) is 51.1 Å². The molecule has 16 heteroatoms. The number of ether oxygens (including phenoxy) is 7. The zero-order valence-electron chi connectivity index (χ0n) is 38.7. The molecule has 0 saturated carbocycles. The molecular weight excluding hydrogens is 857 g/mol. The number of hydrogen-bond acceptors (Lipinski definition) is 13. The van der Waals surface area contributed by atoms with Gasteiger partial charge in [0.15, 0.2) is 6.61 Å². The van der Waals surface area contributed by atoms with Gasteiger partial charge in [-0.3, -0.25) is 29.3 Å². The van der Waals surface area contributed by atoms with Gasteiger partial charge in [0.25, 0.3) is 11.5 Å². The minimum absolute atomic E-state index is 0.0753. The van der Waals surface area contributed by atoms with E-state index in [1.165, 1.54) is 0 Å². The van der Waals surface area contributed by atoms with Crippen molar-refractivity contribution < 1.29 is 42.7 Å². The lowest BCUT2D eigenvalue weighted by Gasteiger charge is -2.48. The number of para-hydroxylation sites is 3. The van der Waals surface area contributed by atoms with Gasteiger partial charge in [-0.05, 0) is 92.9 Å². The molecule has 2 unspecified atom stereocenters. The third-order valence-electron chi connectivity index (χ3n) is 12.6. The molecule has 0 aliphatic carbocycles. The Morgan fingerprint density at radius 1 is 0.776 bits per heavy atom. The van der Waals surface area contributed by atoms with Crippen molar-refractivity contribution in [1.29, 1.82) is 0 Å². The van der Waals surface area contributed by atoms with E-state index in [4.69, 9.17) is 38.1 Å². The molecule has 0 spiro atoms. The molecule has 2 bridgehead atoms. The quantitative estimate of drug-likeness (QED) is 0.0813. The highest BCUT2D eigenvalue weighted by Gasteiger charge is 2.40. The van der Waals surface area contributed by atoms with Crippen molar-refractivity contribution in [3.8, 4) is 28.7 Å². The molecule has 3 saturated heterocycles. The van der Waals surface area contributed by atoms with Crippen LogP contribution in [0.4, 0.5) is 10.5 Å². The van der Waals surface area contributed by atoms with Crippen LogP contribution in [0.5, 0.6) is 23.0 Å². The summed E-state index contributed by atoms with van der Waals surface area (Å²) in [5, 5.41) is 3.40. The van der Waals surface area contributed by atoms with Crippen LogP contribution >= 0.6 is 0 Å². The summed E-state index contributed by atoms with van der Waals surface area (Å²) in [6, 6.07) is 28.4. The van der Waals surface area contributed by atoms with Crippen LogP contribution in [0.3, 0.4) is 0 Å². The largest absolute Gasteiger partial charge is 0.495 e. The number of piperidine rings is 2. The lowest BCUT2D eigenvalue weighted by Crippen LogP contribution is -2.54. The van der Waals surface area contributed by atoms with E-state index in [1.807, 2.05) is 91.5 Å². The fourth-order valence-electron chi connectivity index (χ4n) is 9.23. The molecule has 2 amide bonds. The van der Waals surface area contributed by atoms with Crippen LogP contribution in [0, 0.1) is 6.92 Å². The molecule has 0 radical (unpaired) electrons. The van der Waals surface area contributed by atoms with Crippen molar-refractivity contribution in [3.63, 3.8) is 0 Å². The van der Waals surface area contributed by atoms with E-state index in [9.17, 15) is 14.4 Å². The molecule has 4 heterocycles. The van der Waals surface area contributed by atoms with Crippen LogP contribution in [-0.4, -0.2) is 134 Å². The maximum absolute atomic E-state index is 13.9. The molecule has 1 N–H and O–H groups in total. The summed E-state index contributed by atoms with van der Waals surface area (Å²) >= 11 is 0. The number of carbonyl (C=O) groups is 2. The third kappa shape index (κ3) is 12.2. The molecule has 4 aromatic carbocycles. The summed E-state index contributed by atoms with van der Waals surface area (Å²) in [7, 11) is 1.58. The Hall–Kier alpha value is -6.20. The first-order valence-corrected chi connectivity index (χ1v) is 23.4. The molecule has 356 valence electrons. The van der Waals surface area contributed by atoms with Crippen LogP contribution in [-0.2, 0) is 25.5 Å². The van der Waals surface area contributed by atoms with E-state index in [2.05, 4.69) is 15.1 Å². The number of aryl methyl sites for hydroxylation is 1. The number of anilines is 1. The predicted octanol–water partition coefficient (Wildman–Crippen LogP) is 6.83. The Kier molecular flexibility index (Phi) is 16.2. The van der Waals surface area contributed by atoms with Gasteiger partial charge in [0.1, 0.15) is 41.5 Å². The summed E-state index contributed by atoms with van der Waals surface area (Å²) in [5.74, 6) is 2.99. The van der Waals surface area contributed by atoms with E-state index in [-0.39, 0.29) is 24.2 Å². The van der Waals surface area contributed by atoms with Crippen molar-refractivity contribution in [2.45, 2.75) is 70.7 Å². The van der Waals surface area contributed by atoms with Crippen LogP contribution < -0.4 is 29.8 Å². The molecule has 16 nitrogen and oxygen atoms in total. The van der Waals surface area contributed by atoms with Gasteiger partial charge in [-0.15, -0.1) is 0 Å². The topological polar surface area (TPSA) is 155 Å². The normalized spacial score (nSPS) is 18.6. The van der Waals surface area contributed by atoms with Gasteiger partial charge in [0.05, 0.1) is 69.1 Å². The maximum atomic E-state index is 13.9. The van der Waals surface area contributed by atoms with Crippen molar-refractivity contribution in [1.82, 2.24) is 24.3 Å². The average Bonchev–Trinajstić information content (AvgIpc) is 3.33. The fraction of sp³-hybridized carbons (Fsp3) is 0.451. The molecular formula is C51H62N6O10. The molecule has 3 fully saturated rings. The second-order valence-electron chi connectivity index (χ2n) is 17.1. The number of hydrogen-bond donors (Lipinski definition) is 1. The van der Waals surface area contributed by atoms with Crippen molar-refractivity contribution in [2.75, 3.05) is 85.0 Å². The van der Waals surface area contributed by atoms with Gasteiger partial charge >= 0.3 is 6.09 Å². The number of amides is 2. The van der Waals surface area contributed by atoms with Crippen molar-refractivity contribution in [3.05, 3.63) is 113 Å². The number of methoxy groups -OCH3 is 1. The van der Waals surface area contributed by atoms with Crippen LogP contribution in [0.25, 0.3) is 16.6 Å². The summed E-state index contributed by atoms with van der Waals surface area (Å²) < 4.78 is 42.4. The predicted molar refractivity (Wildman–Crippen MR) is 254 cm³/mol. The Morgan fingerprint density at radius 2 is 1.48 bits per heavy atom. The van der Waals surface area contributed by atoms with E-state index in [0.29, 0.717) is 136 Å². The van der Waals surface area contributed by atoms with E-state index >= 15 is 0 Å². The van der Waals surface area contributed by atoms with Gasteiger partial charge in [-0.25, -0.2) is 9.78 Å². The number of benzene rings is 4. The number of carbonyl (C=O) groups excluding carboxylic acids is 2. The van der Waals surface area contributed by atoms with E-state index in [1.54, 1.807) is 29.9 Å². The van der Waals surface area contributed by atoms with Gasteiger partial charge < -0.3 is 38.1 Å². The van der Waals surface area contributed by atoms with Crippen LogP contribution in [0.1, 0.15) is 50.4 Å². The highest BCUT2D eigenvalue weighted by Crippen LogP contribution is 2.36. The fourth-order valence-corrected chi connectivity index (χ4v) is 9.23. The summed E-state index contributed by atoms with van der Waals surface area (Å²) in [6.07, 6.45) is 4.22. The molecule has 8 rings (SSSR count). The Labute approximate surface area is 391 Å². The minimum atomic E-state index is -0.458. The van der Waals surface area contributed by atoms with Gasteiger partial charge in [0.2, 0.25) is 0 Å². The average molecular weight is 919 g/mol. The molecule has 2 atom stereocenters. The molecule has 3 aliphatic heterocycles. The third-order valence-corrected chi connectivity index (χ3v) is 12.6. The Balaban J connectivity index is 0.703. The highest BCUT2D eigenvalue weighted by molar-refractivity contribution is 5.87. The minimum Gasteiger partial charge on any atom is -0.495 e. The van der Waals surface area contributed by atoms with Crippen molar-refractivity contribution in [2.24, 2.45) is 0 Å². The summed E-state index contributed by atoms with van der Waals surface area (Å²) in [5.41, 5.74) is 2.77. The zero-order chi connectivity index (χ0) is 46.5. The second kappa shape index (κ2) is 23.0. The number of fused-ring (bicyclic) bond motifs is 3. The summed E-state index contributed by atoms with van der Waals surface area (Å²) in [6.45, 7) is 9.24. The number of rotatable bonds is 20. The number of nitrogens with one attached hydrogen (secondary N) is 1. The van der Waals surface area contributed by atoms with Gasteiger partial charge in [-0.1, -0.05) is 36.8 Å². The molecule has 5 aromatic rings. The molecule has 3 aliphatic rings. The smallest absolute Gasteiger partial charge is 0.412 e. The Morgan fingerprint density at radius 3 is 2.24 bits per heavy atom. The van der Waals surface area contributed by atoms with Gasteiger partial charge in [-0.2, -0.15) is 0 Å². The second-order valence-corrected chi connectivity index (χ2v) is 17.1. The maximum Gasteiger partial charge on any atom is 0.412 e. The highest BCUT2D eigenvalue weighted by atomic mass is 16.6.